The van der Waals surface area contributed by atoms with Gasteiger partial charge in [0, 0.05) is 23.7 Å². The number of pyridine rings is 1. The van der Waals surface area contributed by atoms with Crippen molar-refractivity contribution in [3.05, 3.63) is 93.4 Å². The molecular formula is C27H23F4NO. The highest BCUT2D eigenvalue weighted by molar-refractivity contribution is 5.46. The van der Waals surface area contributed by atoms with Gasteiger partial charge in [-0.3, -0.25) is 0 Å². The minimum atomic E-state index is -4.43. The molecule has 0 amide bonds. The molecule has 3 unspecified atom stereocenters. The molecule has 0 spiro atoms. The lowest BCUT2D eigenvalue weighted by molar-refractivity contribution is -0.138. The van der Waals surface area contributed by atoms with E-state index in [2.05, 4.69) is 4.98 Å². The monoisotopic (exact) mass is 453 g/mol. The van der Waals surface area contributed by atoms with E-state index >= 15 is 0 Å². The van der Waals surface area contributed by atoms with Crippen LogP contribution in [-0.4, -0.2) is 4.98 Å². The third kappa shape index (κ3) is 3.69. The van der Waals surface area contributed by atoms with Crippen LogP contribution in [0.1, 0.15) is 70.0 Å². The second-order valence-electron chi connectivity index (χ2n) is 9.49. The Morgan fingerprint density at radius 1 is 1.00 bits per heavy atom. The first-order valence-corrected chi connectivity index (χ1v) is 11.5. The van der Waals surface area contributed by atoms with E-state index in [1.807, 2.05) is 12.3 Å². The standard InChI is InChI=1S/C27H23F4NO/c28-25-11-15-4-3-6-19(20-5-1-2-7-24(20)27(29,30)31)21(15)10-18(25)14-33-26-12-17-8-16-9-22(16)23(17)13-32-26/h1-2,5,7,10-13,16,19,22H,3-4,6,8-9,14H2. The summed E-state index contributed by atoms with van der Waals surface area (Å²) in [6, 6.07) is 10.8. The van der Waals surface area contributed by atoms with Crippen LogP contribution in [0, 0.1) is 11.7 Å². The van der Waals surface area contributed by atoms with E-state index in [-0.39, 0.29) is 18.0 Å². The number of fused-ring (bicyclic) bond motifs is 4. The highest BCUT2D eigenvalue weighted by atomic mass is 19.4. The molecule has 3 aliphatic carbocycles. The van der Waals surface area contributed by atoms with Gasteiger partial charge in [0.2, 0.25) is 5.88 Å². The predicted octanol–water partition coefficient (Wildman–Crippen LogP) is 6.95. The number of hydrogen-bond acceptors (Lipinski definition) is 2. The van der Waals surface area contributed by atoms with E-state index in [1.165, 1.54) is 29.7 Å². The van der Waals surface area contributed by atoms with E-state index < -0.39 is 17.7 Å². The Morgan fingerprint density at radius 2 is 1.85 bits per heavy atom. The maximum Gasteiger partial charge on any atom is 0.416 e. The Hall–Kier alpha value is -2.89. The van der Waals surface area contributed by atoms with Gasteiger partial charge in [-0.15, -0.1) is 0 Å². The molecule has 1 aromatic heterocycles. The molecule has 2 aromatic carbocycles. The Morgan fingerprint density at radius 3 is 2.70 bits per heavy atom. The number of alkyl halides is 3. The van der Waals surface area contributed by atoms with Crippen molar-refractivity contribution in [2.24, 2.45) is 5.92 Å². The predicted molar refractivity (Wildman–Crippen MR) is 116 cm³/mol. The van der Waals surface area contributed by atoms with Crippen LogP contribution in [0.2, 0.25) is 0 Å². The van der Waals surface area contributed by atoms with Crippen LogP contribution in [0.15, 0.2) is 48.7 Å². The molecule has 6 heteroatoms. The van der Waals surface area contributed by atoms with Gasteiger partial charge in [-0.1, -0.05) is 18.2 Å². The van der Waals surface area contributed by atoms with Crippen LogP contribution in [0.4, 0.5) is 17.6 Å². The smallest absolute Gasteiger partial charge is 0.416 e. The molecule has 3 aliphatic rings. The first-order valence-electron chi connectivity index (χ1n) is 11.5. The van der Waals surface area contributed by atoms with Crippen LogP contribution in [0.3, 0.4) is 0 Å². The third-order valence-corrected chi connectivity index (χ3v) is 7.44. The van der Waals surface area contributed by atoms with Gasteiger partial charge in [0.05, 0.1) is 5.56 Å². The molecule has 0 saturated heterocycles. The summed E-state index contributed by atoms with van der Waals surface area (Å²) < 4.78 is 61.7. The number of rotatable bonds is 4. The summed E-state index contributed by atoms with van der Waals surface area (Å²) in [5.41, 5.74) is 4.08. The third-order valence-electron chi connectivity index (χ3n) is 7.44. The molecule has 33 heavy (non-hydrogen) atoms. The van der Waals surface area contributed by atoms with Gasteiger partial charge < -0.3 is 4.74 Å². The highest BCUT2D eigenvalue weighted by Crippen LogP contribution is 2.56. The summed E-state index contributed by atoms with van der Waals surface area (Å²) >= 11 is 0. The maximum atomic E-state index is 14.9. The summed E-state index contributed by atoms with van der Waals surface area (Å²) in [5, 5.41) is 0. The average molecular weight is 453 g/mol. The van der Waals surface area contributed by atoms with Crippen LogP contribution >= 0.6 is 0 Å². The lowest BCUT2D eigenvalue weighted by Gasteiger charge is -2.29. The Bertz CT molecular complexity index is 1240. The molecule has 1 fully saturated rings. The van der Waals surface area contributed by atoms with Gasteiger partial charge in [0.15, 0.2) is 0 Å². The second-order valence-corrected chi connectivity index (χ2v) is 9.49. The fraction of sp³-hybridized carbons (Fsp3) is 0.370. The fourth-order valence-corrected chi connectivity index (χ4v) is 5.73. The van der Waals surface area contributed by atoms with Crippen molar-refractivity contribution in [1.82, 2.24) is 4.98 Å². The first kappa shape index (κ1) is 20.7. The first-order chi connectivity index (χ1) is 15.9. The molecule has 1 saturated carbocycles. The van der Waals surface area contributed by atoms with Gasteiger partial charge in [0.1, 0.15) is 12.4 Å². The van der Waals surface area contributed by atoms with E-state index in [9.17, 15) is 17.6 Å². The zero-order chi connectivity index (χ0) is 22.7. The molecule has 3 atom stereocenters. The Balaban J connectivity index is 1.29. The van der Waals surface area contributed by atoms with Crippen molar-refractivity contribution in [3.63, 3.8) is 0 Å². The number of aromatic nitrogens is 1. The number of aryl methyl sites for hydroxylation is 1. The number of ether oxygens (including phenoxy) is 1. The maximum absolute atomic E-state index is 14.9. The van der Waals surface area contributed by atoms with Gasteiger partial charge in [-0.05, 0) is 90.0 Å². The summed E-state index contributed by atoms with van der Waals surface area (Å²) in [4.78, 5) is 4.39. The topological polar surface area (TPSA) is 22.1 Å². The zero-order valence-electron chi connectivity index (χ0n) is 18.0. The van der Waals surface area contributed by atoms with Gasteiger partial charge in [0.25, 0.3) is 0 Å². The molecule has 0 radical (unpaired) electrons. The number of hydrogen-bond donors (Lipinski definition) is 0. The SMILES string of the molecule is Fc1cc2c(cc1COc1cc3c(cn1)C1CC1C3)C(c1ccccc1C(F)(F)F)CCC2. The molecule has 3 aromatic rings. The molecule has 2 nitrogen and oxygen atoms in total. The largest absolute Gasteiger partial charge is 0.473 e. The molecule has 6 rings (SSSR count). The van der Waals surface area contributed by atoms with Crippen molar-refractivity contribution >= 4 is 0 Å². The minimum absolute atomic E-state index is 0.00854. The summed E-state index contributed by atoms with van der Waals surface area (Å²) in [6.07, 6.45) is 1.71. The van der Waals surface area contributed by atoms with Crippen LogP contribution in [-0.2, 0) is 25.6 Å². The molecule has 1 heterocycles. The van der Waals surface area contributed by atoms with E-state index in [4.69, 9.17) is 4.74 Å². The van der Waals surface area contributed by atoms with Crippen LogP contribution in [0.25, 0.3) is 0 Å². The Labute approximate surface area is 189 Å². The van der Waals surface area contributed by atoms with Gasteiger partial charge >= 0.3 is 6.18 Å². The number of nitrogens with zero attached hydrogens (tertiary/aromatic N) is 1. The van der Waals surface area contributed by atoms with Crippen molar-refractivity contribution in [1.29, 1.82) is 0 Å². The highest BCUT2D eigenvalue weighted by Gasteiger charge is 2.45. The normalized spacial score (nSPS) is 23.0. The zero-order valence-corrected chi connectivity index (χ0v) is 18.0. The van der Waals surface area contributed by atoms with E-state index in [1.54, 1.807) is 18.2 Å². The lowest BCUT2D eigenvalue weighted by atomic mass is 9.77. The lowest BCUT2D eigenvalue weighted by Crippen LogP contribution is -2.17. The second kappa shape index (κ2) is 7.57. The van der Waals surface area contributed by atoms with Gasteiger partial charge in [-0.2, -0.15) is 13.2 Å². The number of halogens is 4. The Kier molecular flexibility index (Phi) is 4.75. The van der Waals surface area contributed by atoms with Crippen molar-refractivity contribution < 1.29 is 22.3 Å². The minimum Gasteiger partial charge on any atom is -0.473 e. The summed E-state index contributed by atoms with van der Waals surface area (Å²) in [6.45, 7) is -0.00854. The number of benzene rings is 2. The molecule has 0 aliphatic heterocycles. The van der Waals surface area contributed by atoms with Crippen molar-refractivity contribution in [2.45, 2.75) is 56.7 Å². The quantitative estimate of drug-likeness (QED) is 0.399. The van der Waals surface area contributed by atoms with Crippen molar-refractivity contribution in [3.8, 4) is 5.88 Å². The van der Waals surface area contributed by atoms with E-state index in [0.717, 1.165) is 36.0 Å². The molecular weight excluding hydrogens is 430 g/mol. The van der Waals surface area contributed by atoms with Crippen LogP contribution in [0.5, 0.6) is 5.88 Å². The molecule has 0 N–H and O–H groups in total. The molecule has 0 bridgehead atoms. The average Bonchev–Trinajstić information content (AvgIpc) is 3.47. The summed E-state index contributed by atoms with van der Waals surface area (Å²) in [7, 11) is 0. The van der Waals surface area contributed by atoms with Crippen molar-refractivity contribution in [2.75, 3.05) is 0 Å². The van der Waals surface area contributed by atoms with Crippen LogP contribution < -0.4 is 4.74 Å². The van der Waals surface area contributed by atoms with Gasteiger partial charge in [-0.25, -0.2) is 9.37 Å². The molecule has 170 valence electrons. The summed E-state index contributed by atoms with van der Waals surface area (Å²) in [5.74, 6) is 1.05. The fourth-order valence-electron chi connectivity index (χ4n) is 5.73. The van der Waals surface area contributed by atoms with E-state index in [0.29, 0.717) is 30.2 Å².